The molecule has 0 unspecified atom stereocenters. The Hall–Kier alpha value is -2.96. The second-order valence-corrected chi connectivity index (χ2v) is 4.90. The van der Waals surface area contributed by atoms with Gasteiger partial charge in [0.2, 0.25) is 5.91 Å². The van der Waals surface area contributed by atoms with Crippen LogP contribution < -0.4 is 5.32 Å². The summed E-state index contributed by atoms with van der Waals surface area (Å²) in [5.41, 5.74) is 2.89. The third-order valence-electron chi connectivity index (χ3n) is 3.27. The lowest BCUT2D eigenvalue weighted by atomic mass is 10.1. The van der Waals surface area contributed by atoms with E-state index < -0.39 is 0 Å². The molecule has 7 nitrogen and oxygen atoms in total. The Morgan fingerprint density at radius 3 is 2.91 bits per heavy atom. The summed E-state index contributed by atoms with van der Waals surface area (Å²) in [7, 11) is 1.88. The lowest BCUT2D eigenvalue weighted by Crippen LogP contribution is -2.27. The maximum absolute atomic E-state index is 11.8. The van der Waals surface area contributed by atoms with Crippen molar-refractivity contribution in [3.8, 4) is 11.3 Å². The SMILES string of the molecule is Cn1nccc1-c1cncc(CNC(=O)Cn2cccn2)c1. The second-order valence-electron chi connectivity index (χ2n) is 4.90. The number of carbonyl (C=O) groups is 1. The summed E-state index contributed by atoms with van der Waals surface area (Å²) in [6.45, 7) is 0.640. The summed E-state index contributed by atoms with van der Waals surface area (Å²) in [5.74, 6) is -0.0883. The molecule has 112 valence electrons. The van der Waals surface area contributed by atoms with Gasteiger partial charge in [0.05, 0.1) is 5.69 Å². The molecule has 0 aliphatic rings. The van der Waals surface area contributed by atoms with Crippen molar-refractivity contribution in [2.45, 2.75) is 13.1 Å². The van der Waals surface area contributed by atoms with Gasteiger partial charge in [-0.3, -0.25) is 19.1 Å². The summed E-state index contributed by atoms with van der Waals surface area (Å²) in [6.07, 6.45) is 8.67. The maximum Gasteiger partial charge on any atom is 0.241 e. The number of aryl methyl sites for hydroxylation is 1. The molecule has 22 heavy (non-hydrogen) atoms. The van der Waals surface area contributed by atoms with Gasteiger partial charge < -0.3 is 5.32 Å². The van der Waals surface area contributed by atoms with Gasteiger partial charge in [0.1, 0.15) is 6.54 Å². The van der Waals surface area contributed by atoms with E-state index in [1.165, 1.54) is 0 Å². The molecule has 3 aromatic rings. The van der Waals surface area contributed by atoms with Gasteiger partial charge in [-0.05, 0) is 23.8 Å². The summed E-state index contributed by atoms with van der Waals surface area (Å²) >= 11 is 0. The van der Waals surface area contributed by atoms with Gasteiger partial charge in [-0.15, -0.1) is 0 Å². The molecule has 0 radical (unpaired) electrons. The molecular formula is C15H16N6O. The van der Waals surface area contributed by atoms with Gasteiger partial charge in [-0.2, -0.15) is 10.2 Å². The molecular weight excluding hydrogens is 280 g/mol. The molecule has 0 spiro atoms. The first-order valence-corrected chi connectivity index (χ1v) is 6.89. The monoisotopic (exact) mass is 296 g/mol. The molecule has 3 heterocycles. The lowest BCUT2D eigenvalue weighted by Gasteiger charge is -2.07. The predicted octanol–water partition coefficient (Wildman–Crippen LogP) is 0.995. The molecule has 1 amide bonds. The number of pyridine rings is 1. The van der Waals surface area contributed by atoms with Gasteiger partial charge in [0.15, 0.2) is 0 Å². The van der Waals surface area contributed by atoms with Crippen LogP contribution in [0.3, 0.4) is 0 Å². The van der Waals surface area contributed by atoms with E-state index in [-0.39, 0.29) is 12.5 Å². The minimum Gasteiger partial charge on any atom is -0.350 e. The highest BCUT2D eigenvalue weighted by molar-refractivity contribution is 5.75. The van der Waals surface area contributed by atoms with Crippen molar-refractivity contribution < 1.29 is 4.79 Å². The fourth-order valence-corrected chi connectivity index (χ4v) is 2.18. The molecule has 0 aliphatic carbocycles. The molecule has 0 aromatic carbocycles. The van der Waals surface area contributed by atoms with Crippen LogP contribution in [0.25, 0.3) is 11.3 Å². The number of aromatic nitrogens is 5. The second kappa shape index (κ2) is 6.21. The van der Waals surface area contributed by atoms with Crippen LogP contribution in [0.4, 0.5) is 0 Å². The van der Waals surface area contributed by atoms with E-state index in [2.05, 4.69) is 20.5 Å². The molecule has 0 aliphatic heterocycles. The van der Waals surface area contributed by atoms with E-state index in [1.54, 1.807) is 46.4 Å². The van der Waals surface area contributed by atoms with E-state index in [0.717, 1.165) is 16.8 Å². The number of hydrogen-bond donors (Lipinski definition) is 1. The molecule has 0 fully saturated rings. The Morgan fingerprint density at radius 2 is 2.18 bits per heavy atom. The van der Waals surface area contributed by atoms with Gasteiger partial charge in [0.25, 0.3) is 0 Å². The minimum atomic E-state index is -0.0883. The van der Waals surface area contributed by atoms with Crippen LogP contribution in [-0.4, -0.2) is 30.5 Å². The Labute approximate surface area is 127 Å². The van der Waals surface area contributed by atoms with Gasteiger partial charge in [-0.25, -0.2) is 0 Å². The zero-order chi connectivity index (χ0) is 15.4. The van der Waals surface area contributed by atoms with Crippen LogP contribution >= 0.6 is 0 Å². The Balaban J connectivity index is 1.63. The molecule has 0 saturated heterocycles. The Morgan fingerprint density at radius 1 is 1.27 bits per heavy atom. The van der Waals surface area contributed by atoms with Crippen LogP contribution in [-0.2, 0) is 24.9 Å². The lowest BCUT2D eigenvalue weighted by molar-refractivity contribution is -0.122. The zero-order valence-electron chi connectivity index (χ0n) is 12.2. The Kier molecular flexibility index (Phi) is 3.95. The third-order valence-corrected chi connectivity index (χ3v) is 3.27. The van der Waals surface area contributed by atoms with Crippen molar-refractivity contribution in [2.24, 2.45) is 7.05 Å². The summed E-state index contributed by atoms with van der Waals surface area (Å²) < 4.78 is 3.37. The van der Waals surface area contributed by atoms with E-state index >= 15 is 0 Å². The van der Waals surface area contributed by atoms with E-state index in [0.29, 0.717) is 6.54 Å². The molecule has 0 atom stereocenters. The first kappa shape index (κ1) is 14.0. The summed E-state index contributed by atoms with van der Waals surface area (Å²) in [4.78, 5) is 16.1. The van der Waals surface area contributed by atoms with Crippen molar-refractivity contribution >= 4 is 5.91 Å². The fraction of sp³-hybridized carbons (Fsp3) is 0.200. The van der Waals surface area contributed by atoms with E-state index in [4.69, 9.17) is 0 Å². The number of rotatable bonds is 5. The Bertz CT molecular complexity index is 762. The highest BCUT2D eigenvalue weighted by Crippen LogP contribution is 2.17. The highest BCUT2D eigenvalue weighted by atomic mass is 16.2. The fourth-order valence-electron chi connectivity index (χ4n) is 2.18. The smallest absolute Gasteiger partial charge is 0.241 e. The quantitative estimate of drug-likeness (QED) is 0.762. The third kappa shape index (κ3) is 3.20. The van der Waals surface area contributed by atoms with Gasteiger partial charge in [-0.1, -0.05) is 0 Å². The van der Waals surface area contributed by atoms with Crippen LogP contribution in [0.5, 0.6) is 0 Å². The molecule has 0 saturated carbocycles. The number of hydrogen-bond acceptors (Lipinski definition) is 4. The van der Waals surface area contributed by atoms with Gasteiger partial charge >= 0.3 is 0 Å². The maximum atomic E-state index is 11.8. The topological polar surface area (TPSA) is 77.6 Å². The van der Waals surface area contributed by atoms with Crippen molar-refractivity contribution in [3.05, 3.63) is 54.7 Å². The minimum absolute atomic E-state index is 0.0883. The van der Waals surface area contributed by atoms with E-state index in [1.807, 2.05) is 19.2 Å². The zero-order valence-corrected chi connectivity index (χ0v) is 12.2. The molecule has 0 bridgehead atoms. The largest absolute Gasteiger partial charge is 0.350 e. The van der Waals surface area contributed by atoms with Crippen molar-refractivity contribution in [3.63, 3.8) is 0 Å². The van der Waals surface area contributed by atoms with Crippen LogP contribution in [0.15, 0.2) is 49.2 Å². The first-order valence-electron chi connectivity index (χ1n) is 6.89. The standard InChI is InChI=1S/C15H16N6O/c1-20-14(3-5-18-20)13-7-12(8-16-10-13)9-17-15(22)11-21-6-2-4-19-21/h2-8,10H,9,11H2,1H3,(H,17,22). The van der Waals surface area contributed by atoms with E-state index in [9.17, 15) is 4.79 Å². The molecule has 3 aromatic heterocycles. The number of nitrogens with zero attached hydrogens (tertiary/aromatic N) is 5. The summed E-state index contributed by atoms with van der Waals surface area (Å²) in [5, 5.41) is 11.0. The van der Waals surface area contributed by atoms with Gasteiger partial charge in [0, 0.05) is 50.1 Å². The predicted molar refractivity (Wildman–Crippen MR) is 80.5 cm³/mol. The van der Waals surface area contributed by atoms with Crippen molar-refractivity contribution in [2.75, 3.05) is 0 Å². The number of carbonyl (C=O) groups excluding carboxylic acids is 1. The van der Waals surface area contributed by atoms with Crippen LogP contribution in [0.2, 0.25) is 0 Å². The van der Waals surface area contributed by atoms with Crippen LogP contribution in [0.1, 0.15) is 5.56 Å². The molecule has 7 heteroatoms. The average molecular weight is 296 g/mol. The highest BCUT2D eigenvalue weighted by Gasteiger charge is 2.06. The molecule has 3 rings (SSSR count). The number of amides is 1. The number of nitrogens with one attached hydrogen (secondary N) is 1. The molecule has 1 N–H and O–H groups in total. The first-order chi connectivity index (χ1) is 10.7. The van der Waals surface area contributed by atoms with Crippen molar-refractivity contribution in [1.82, 2.24) is 29.9 Å². The summed E-state index contributed by atoms with van der Waals surface area (Å²) in [6, 6.07) is 5.71. The van der Waals surface area contributed by atoms with Crippen LogP contribution in [0, 0.1) is 0 Å². The normalized spacial score (nSPS) is 10.6. The average Bonchev–Trinajstić information content (AvgIpc) is 3.17. The van der Waals surface area contributed by atoms with Crippen molar-refractivity contribution in [1.29, 1.82) is 0 Å².